The van der Waals surface area contributed by atoms with Crippen LogP contribution in [0.3, 0.4) is 0 Å². The summed E-state index contributed by atoms with van der Waals surface area (Å²) >= 11 is 0. The van der Waals surface area contributed by atoms with E-state index in [1.807, 2.05) is 24.4 Å². The highest BCUT2D eigenvalue weighted by molar-refractivity contribution is 5.09. The van der Waals surface area contributed by atoms with Gasteiger partial charge < -0.3 is 4.84 Å². The topological polar surface area (TPSA) is 34.1 Å². The van der Waals surface area contributed by atoms with Gasteiger partial charge in [-0.25, -0.2) is 0 Å². The molecule has 1 aromatic rings. The SMILES string of the molecule is C[C@H]1CON[C@H]1c1ccccn1. The molecule has 1 fully saturated rings. The molecule has 1 aliphatic heterocycles. The molecule has 0 aromatic carbocycles. The van der Waals surface area contributed by atoms with Gasteiger partial charge in [-0.05, 0) is 12.1 Å². The minimum absolute atomic E-state index is 0.256. The highest BCUT2D eigenvalue weighted by atomic mass is 16.7. The van der Waals surface area contributed by atoms with Crippen molar-refractivity contribution in [2.45, 2.75) is 13.0 Å². The van der Waals surface area contributed by atoms with Crippen LogP contribution < -0.4 is 5.48 Å². The van der Waals surface area contributed by atoms with Crippen LogP contribution in [0.25, 0.3) is 0 Å². The number of nitrogens with zero attached hydrogens (tertiary/aromatic N) is 1. The zero-order valence-corrected chi connectivity index (χ0v) is 7.03. The summed E-state index contributed by atoms with van der Waals surface area (Å²) in [7, 11) is 0. The molecule has 3 nitrogen and oxygen atoms in total. The fourth-order valence-electron chi connectivity index (χ4n) is 1.39. The van der Waals surface area contributed by atoms with E-state index in [4.69, 9.17) is 4.84 Å². The van der Waals surface area contributed by atoms with E-state index in [-0.39, 0.29) is 6.04 Å². The lowest BCUT2D eigenvalue weighted by Crippen LogP contribution is -2.16. The number of hydroxylamine groups is 1. The monoisotopic (exact) mass is 164 g/mol. The number of hydrogen-bond acceptors (Lipinski definition) is 3. The Bertz CT molecular complexity index is 250. The highest BCUT2D eigenvalue weighted by Gasteiger charge is 2.26. The lowest BCUT2D eigenvalue weighted by atomic mass is 10.0. The summed E-state index contributed by atoms with van der Waals surface area (Å²) in [5, 5.41) is 0. The van der Waals surface area contributed by atoms with Gasteiger partial charge in [-0.15, -0.1) is 0 Å². The van der Waals surface area contributed by atoms with Crippen molar-refractivity contribution >= 4 is 0 Å². The quantitative estimate of drug-likeness (QED) is 0.679. The molecule has 0 aliphatic carbocycles. The molecule has 0 radical (unpaired) electrons. The van der Waals surface area contributed by atoms with Gasteiger partial charge in [0, 0.05) is 12.1 Å². The number of hydrogen-bond donors (Lipinski definition) is 1. The van der Waals surface area contributed by atoms with Gasteiger partial charge >= 0.3 is 0 Å². The highest BCUT2D eigenvalue weighted by Crippen LogP contribution is 2.24. The third-order valence-electron chi connectivity index (χ3n) is 2.13. The van der Waals surface area contributed by atoms with Crippen LogP contribution in [0.1, 0.15) is 18.7 Å². The van der Waals surface area contributed by atoms with Crippen LogP contribution >= 0.6 is 0 Å². The van der Waals surface area contributed by atoms with Crippen molar-refractivity contribution in [1.82, 2.24) is 10.5 Å². The van der Waals surface area contributed by atoms with Crippen molar-refractivity contribution in [3.63, 3.8) is 0 Å². The molecule has 2 rings (SSSR count). The van der Waals surface area contributed by atoms with Crippen LogP contribution in [0.5, 0.6) is 0 Å². The molecular formula is C9H12N2O. The van der Waals surface area contributed by atoms with Crippen molar-refractivity contribution < 1.29 is 4.84 Å². The van der Waals surface area contributed by atoms with E-state index >= 15 is 0 Å². The Morgan fingerprint density at radius 2 is 2.50 bits per heavy atom. The van der Waals surface area contributed by atoms with E-state index in [0.29, 0.717) is 5.92 Å². The van der Waals surface area contributed by atoms with Crippen molar-refractivity contribution in [2.24, 2.45) is 5.92 Å². The Morgan fingerprint density at radius 3 is 3.08 bits per heavy atom. The minimum Gasteiger partial charge on any atom is -0.301 e. The number of aromatic nitrogens is 1. The molecule has 1 aliphatic rings. The van der Waals surface area contributed by atoms with E-state index in [2.05, 4.69) is 17.4 Å². The van der Waals surface area contributed by atoms with Gasteiger partial charge in [0.05, 0.1) is 18.3 Å². The summed E-state index contributed by atoms with van der Waals surface area (Å²) in [4.78, 5) is 9.40. The smallest absolute Gasteiger partial charge is 0.0791 e. The van der Waals surface area contributed by atoms with Crippen LogP contribution in [0.2, 0.25) is 0 Å². The van der Waals surface area contributed by atoms with Gasteiger partial charge in [0.1, 0.15) is 0 Å². The minimum atomic E-state index is 0.256. The summed E-state index contributed by atoms with van der Waals surface area (Å²) < 4.78 is 0. The Hall–Kier alpha value is -0.930. The standard InChI is InChI=1S/C9H12N2O/c1-7-6-12-11-9(7)8-4-2-3-5-10-8/h2-5,7,9,11H,6H2,1H3/t7-,9+/m0/s1. The van der Waals surface area contributed by atoms with E-state index in [0.717, 1.165) is 12.3 Å². The number of nitrogens with one attached hydrogen (secondary N) is 1. The van der Waals surface area contributed by atoms with Crippen molar-refractivity contribution in [3.8, 4) is 0 Å². The second-order valence-electron chi connectivity index (χ2n) is 3.14. The second kappa shape index (κ2) is 3.21. The van der Waals surface area contributed by atoms with Crippen molar-refractivity contribution in [3.05, 3.63) is 30.1 Å². The Morgan fingerprint density at radius 1 is 1.58 bits per heavy atom. The van der Waals surface area contributed by atoms with Crippen LogP contribution in [-0.2, 0) is 4.84 Å². The lowest BCUT2D eigenvalue weighted by Gasteiger charge is -2.11. The Labute approximate surface area is 71.7 Å². The fraction of sp³-hybridized carbons (Fsp3) is 0.444. The maximum atomic E-state index is 5.13. The molecule has 0 bridgehead atoms. The third kappa shape index (κ3) is 1.33. The fourth-order valence-corrected chi connectivity index (χ4v) is 1.39. The van der Waals surface area contributed by atoms with Crippen LogP contribution in [0.15, 0.2) is 24.4 Å². The largest absolute Gasteiger partial charge is 0.301 e. The van der Waals surface area contributed by atoms with Crippen molar-refractivity contribution in [1.29, 1.82) is 0 Å². The van der Waals surface area contributed by atoms with Gasteiger partial charge in [0.2, 0.25) is 0 Å². The summed E-state index contributed by atoms with van der Waals surface area (Å²) in [6, 6.07) is 6.19. The Balaban J connectivity index is 2.19. The van der Waals surface area contributed by atoms with Gasteiger partial charge in [-0.3, -0.25) is 4.98 Å². The first-order chi connectivity index (χ1) is 5.88. The molecule has 2 atom stereocenters. The first-order valence-corrected chi connectivity index (χ1v) is 4.16. The molecule has 1 N–H and O–H groups in total. The molecule has 3 heteroatoms. The maximum absolute atomic E-state index is 5.13. The molecule has 0 amide bonds. The molecule has 0 spiro atoms. The number of rotatable bonds is 1. The predicted molar refractivity (Wildman–Crippen MR) is 45.2 cm³/mol. The molecule has 12 heavy (non-hydrogen) atoms. The molecule has 1 saturated heterocycles. The molecular weight excluding hydrogens is 152 g/mol. The molecule has 0 unspecified atom stereocenters. The summed E-state index contributed by atoms with van der Waals surface area (Å²) in [5.74, 6) is 0.500. The van der Waals surface area contributed by atoms with E-state index in [9.17, 15) is 0 Å². The summed E-state index contributed by atoms with van der Waals surface area (Å²) in [6.07, 6.45) is 1.81. The zero-order chi connectivity index (χ0) is 8.39. The average molecular weight is 164 g/mol. The van der Waals surface area contributed by atoms with Gasteiger partial charge in [0.25, 0.3) is 0 Å². The molecule has 0 saturated carbocycles. The summed E-state index contributed by atoms with van der Waals surface area (Å²) in [6.45, 7) is 2.92. The van der Waals surface area contributed by atoms with Crippen LogP contribution in [0.4, 0.5) is 0 Å². The normalized spacial score (nSPS) is 29.1. The maximum Gasteiger partial charge on any atom is 0.0791 e. The average Bonchev–Trinajstić information content (AvgIpc) is 2.53. The van der Waals surface area contributed by atoms with Crippen LogP contribution in [-0.4, -0.2) is 11.6 Å². The van der Waals surface area contributed by atoms with Gasteiger partial charge in [0.15, 0.2) is 0 Å². The first kappa shape index (κ1) is 7.71. The lowest BCUT2D eigenvalue weighted by molar-refractivity contribution is 0.0860. The zero-order valence-electron chi connectivity index (χ0n) is 7.03. The van der Waals surface area contributed by atoms with Crippen molar-refractivity contribution in [2.75, 3.05) is 6.61 Å². The second-order valence-corrected chi connectivity index (χ2v) is 3.14. The van der Waals surface area contributed by atoms with E-state index in [1.54, 1.807) is 0 Å². The first-order valence-electron chi connectivity index (χ1n) is 4.16. The predicted octanol–water partition coefficient (Wildman–Crippen LogP) is 1.29. The summed E-state index contributed by atoms with van der Waals surface area (Å²) in [5.41, 5.74) is 4.02. The van der Waals surface area contributed by atoms with E-state index < -0.39 is 0 Å². The Kier molecular flexibility index (Phi) is 2.06. The van der Waals surface area contributed by atoms with Gasteiger partial charge in [-0.1, -0.05) is 13.0 Å². The molecule has 2 heterocycles. The van der Waals surface area contributed by atoms with Crippen LogP contribution in [0, 0.1) is 5.92 Å². The molecule has 64 valence electrons. The third-order valence-corrected chi connectivity index (χ3v) is 2.13. The van der Waals surface area contributed by atoms with Gasteiger partial charge in [-0.2, -0.15) is 5.48 Å². The molecule has 1 aromatic heterocycles. The van der Waals surface area contributed by atoms with E-state index in [1.165, 1.54) is 0 Å². The number of pyridine rings is 1.